The molecule has 0 bridgehead atoms. The monoisotopic (exact) mass is 1170 g/mol. The third-order valence-corrected chi connectivity index (χ3v) is 17.6. The smallest absolute Gasteiger partial charge is 0.0978 e. The van der Waals surface area contributed by atoms with Crippen LogP contribution in [0.4, 0.5) is 0 Å². The summed E-state index contributed by atoms with van der Waals surface area (Å²) in [5, 5.41) is 7.81. The van der Waals surface area contributed by atoms with Crippen molar-refractivity contribution in [3.05, 3.63) is 322 Å². The van der Waals surface area contributed by atoms with Gasteiger partial charge in [-0.1, -0.05) is 237 Å². The predicted octanol–water partition coefficient (Wildman–Crippen LogP) is 21.7. The van der Waals surface area contributed by atoms with Crippen molar-refractivity contribution >= 4 is 87.4 Å². The van der Waals surface area contributed by atoms with Crippen molar-refractivity contribution < 1.29 is 0 Å². The van der Waals surface area contributed by atoms with Crippen LogP contribution in [0.3, 0.4) is 0 Å². The van der Waals surface area contributed by atoms with E-state index in [1.165, 1.54) is 38.9 Å². The predicted molar refractivity (Wildman–Crippen MR) is 381 cm³/mol. The van der Waals surface area contributed by atoms with Gasteiger partial charge in [0, 0.05) is 77.9 Å². The van der Waals surface area contributed by atoms with E-state index in [0.29, 0.717) is 0 Å². The molecule has 18 aromatic rings. The highest BCUT2D eigenvalue weighted by Gasteiger charge is 2.18. The number of benzene rings is 11. The second-order valence-electron chi connectivity index (χ2n) is 23.2. The molecule has 428 valence electrons. The number of para-hydroxylation sites is 2. The van der Waals surface area contributed by atoms with Crippen LogP contribution in [-0.2, 0) is 0 Å². The van der Waals surface area contributed by atoms with Gasteiger partial charge in [-0.25, -0.2) is 24.9 Å². The summed E-state index contributed by atoms with van der Waals surface area (Å²) in [7, 11) is 0. The molecule has 0 saturated heterocycles. The maximum Gasteiger partial charge on any atom is 0.0978 e. The van der Waals surface area contributed by atoms with Crippen LogP contribution in [0.25, 0.3) is 177 Å². The van der Waals surface area contributed by atoms with Crippen LogP contribution >= 0.6 is 0 Å². The summed E-state index contributed by atoms with van der Waals surface area (Å²) in [4.78, 5) is 34.4. The Kier molecular flexibility index (Phi) is 13.4. The standard InChI is InChI=1S/C43H27N3.C42H26N4/c1-2-8-30(9-3-1)41-36-13-4-5-14-40(36)46-43-37(41)22-19-31-20-24-39(45-42(31)43)35-11-6-10-32(26-35)28-15-17-29(18-16-28)33-21-23-38-34(27-33)12-7-25-44-38;1-2-7-31(8-3-1)40-33-9-4-5-10-37(33)46-42-34(40)22-20-32-21-23-36(45-41(32)42)30-18-14-28(15-19-30)27-12-16-29(17-13-27)35-24-25-38-39(44-35)11-6-26-43-38/h1-27H;1-26H. The maximum atomic E-state index is 5.26. The number of hydrogen-bond donors (Lipinski definition) is 0. The Labute approximate surface area is 530 Å². The summed E-state index contributed by atoms with van der Waals surface area (Å²) in [5.41, 5.74) is 26.2. The molecule has 7 heterocycles. The minimum Gasteiger partial charge on any atom is -0.256 e. The highest BCUT2D eigenvalue weighted by atomic mass is 14.8. The highest BCUT2D eigenvalue weighted by molar-refractivity contribution is 6.17. The zero-order valence-electron chi connectivity index (χ0n) is 49.7. The Hall–Kier alpha value is -12.5. The lowest BCUT2D eigenvalue weighted by Gasteiger charge is -2.13. The number of aromatic nitrogens is 7. The fourth-order valence-corrected chi connectivity index (χ4v) is 13.0. The van der Waals surface area contributed by atoms with Crippen LogP contribution < -0.4 is 0 Å². The molecule has 0 aliphatic heterocycles. The molecule has 18 rings (SSSR count). The van der Waals surface area contributed by atoms with Gasteiger partial charge in [-0.3, -0.25) is 9.97 Å². The average molecular weight is 1170 g/mol. The molecular formula is C85H53N7. The minimum atomic E-state index is 0.899. The van der Waals surface area contributed by atoms with Crippen molar-refractivity contribution in [2.24, 2.45) is 0 Å². The fourth-order valence-electron chi connectivity index (χ4n) is 13.0. The normalized spacial score (nSPS) is 11.5. The molecule has 7 nitrogen and oxygen atoms in total. The van der Waals surface area contributed by atoms with Gasteiger partial charge in [0.2, 0.25) is 0 Å². The first-order valence-electron chi connectivity index (χ1n) is 30.9. The molecule has 7 heteroatoms. The van der Waals surface area contributed by atoms with E-state index < -0.39 is 0 Å². The van der Waals surface area contributed by atoms with Crippen LogP contribution in [0.15, 0.2) is 322 Å². The molecule has 0 aliphatic rings. The van der Waals surface area contributed by atoms with Gasteiger partial charge in [-0.05, 0) is 117 Å². The molecule has 0 aliphatic carbocycles. The molecule has 0 saturated carbocycles. The SMILES string of the molecule is c1ccc(-c2c3ccccc3nc3c2ccc2ccc(-c4ccc(-c5ccc(-c6ccc7ncccc7n6)cc5)cc4)nc23)cc1.c1ccc(-c2c3ccccc3nc3c2ccc2ccc(-c4cccc(-c5ccc(-c6ccc7ncccc7c6)cc5)c4)nc23)cc1. The number of fused-ring (bicyclic) bond motifs is 10. The Bertz CT molecular complexity index is 5860. The third-order valence-electron chi connectivity index (χ3n) is 17.6. The molecule has 92 heavy (non-hydrogen) atoms. The lowest BCUT2D eigenvalue weighted by Crippen LogP contribution is -1.93. The summed E-state index contributed by atoms with van der Waals surface area (Å²) in [6, 6.07) is 108. The number of pyridine rings is 7. The first-order chi connectivity index (χ1) is 45.6. The molecule has 0 radical (unpaired) electrons. The van der Waals surface area contributed by atoms with E-state index in [-0.39, 0.29) is 0 Å². The van der Waals surface area contributed by atoms with Gasteiger partial charge in [0.25, 0.3) is 0 Å². The van der Waals surface area contributed by atoms with Gasteiger partial charge in [-0.2, -0.15) is 0 Å². The molecular weight excluding hydrogens is 1120 g/mol. The average Bonchev–Trinajstić information content (AvgIpc) is 0.802. The van der Waals surface area contributed by atoms with Crippen molar-refractivity contribution in [2.45, 2.75) is 0 Å². The molecule has 0 N–H and O–H groups in total. The van der Waals surface area contributed by atoms with Gasteiger partial charge in [-0.15, -0.1) is 0 Å². The molecule has 0 amide bonds. The summed E-state index contributed by atoms with van der Waals surface area (Å²) in [6.45, 7) is 0. The topological polar surface area (TPSA) is 90.2 Å². The summed E-state index contributed by atoms with van der Waals surface area (Å²) >= 11 is 0. The van der Waals surface area contributed by atoms with E-state index in [1.807, 2.05) is 42.6 Å². The lowest BCUT2D eigenvalue weighted by atomic mass is 9.95. The quantitative estimate of drug-likeness (QED) is 0.111. The van der Waals surface area contributed by atoms with E-state index in [2.05, 4.69) is 283 Å². The summed E-state index contributed by atoms with van der Waals surface area (Å²) in [6.07, 6.45) is 3.63. The first-order valence-corrected chi connectivity index (χ1v) is 30.9. The maximum absolute atomic E-state index is 5.26. The second-order valence-corrected chi connectivity index (χ2v) is 23.2. The molecule has 0 unspecified atom stereocenters. The van der Waals surface area contributed by atoms with Crippen molar-refractivity contribution in [1.82, 2.24) is 34.9 Å². The van der Waals surface area contributed by atoms with Gasteiger partial charge < -0.3 is 0 Å². The largest absolute Gasteiger partial charge is 0.256 e. The summed E-state index contributed by atoms with van der Waals surface area (Å²) < 4.78 is 0. The van der Waals surface area contributed by atoms with Crippen LogP contribution in [0.1, 0.15) is 0 Å². The van der Waals surface area contributed by atoms with Crippen molar-refractivity contribution in [3.8, 4) is 89.4 Å². The third kappa shape index (κ3) is 9.96. The van der Waals surface area contributed by atoms with Crippen LogP contribution in [-0.4, -0.2) is 34.9 Å². The van der Waals surface area contributed by atoms with Crippen LogP contribution in [0, 0.1) is 0 Å². The number of nitrogens with zero attached hydrogens (tertiary/aromatic N) is 7. The molecule has 0 spiro atoms. The Balaban J connectivity index is 0.000000141. The number of hydrogen-bond acceptors (Lipinski definition) is 7. The zero-order valence-corrected chi connectivity index (χ0v) is 49.7. The van der Waals surface area contributed by atoms with E-state index in [9.17, 15) is 0 Å². The molecule has 11 aromatic carbocycles. The fraction of sp³-hybridized carbons (Fsp3) is 0. The Morgan fingerprint density at radius 3 is 1.15 bits per heavy atom. The summed E-state index contributed by atoms with van der Waals surface area (Å²) in [5.74, 6) is 0. The number of rotatable bonds is 8. The van der Waals surface area contributed by atoms with Crippen LogP contribution in [0.2, 0.25) is 0 Å². The second kappa shape index (κ2) is 22.9. The van der Waals surface area contributed by atoms with Crippen molar-refractivity contribution in [3.63, 3.8) is 0 Å². The lowest BCUT2D eigenvalue weighted by molar-refractivity contribution is 1.33. The van der Waals surface area contributed by atoms with E-state index in [0.717, 1.165) is 138 Å². The molecule has 7 aromatic heterocycles. The van der Waals surface area contributed by atoms with Crippen molar-refractivity contribution in [2.75, 3.05) is 0 Å². The highest BCUT2D eigenvalue weighted by Crippen LogP contribution is 2.41. The van der Waals surface area contributed by atoms with Gasteiger partial charge in [0.05, 0.1) is 66.7 Å². The van der Waals surface area contributed by atoms with E-state index in [4.69, 9.17) is 24.9 Å². The zero-order chi connectivity index (χ0) is 60.9. The van der Waals surface area contributed by atoms with Gasteiger partial charge in [0.15, 0.2) is 0 Å². The van der Waals surface area contributed by atoms with Gasteiger partial charge in [0.1, 0.15) is 0 Å². The molecule has 0 atom stereocenters. The van der Waals surface area contributed by atoms with Crippen LogP contribution in [0.5, 0.6) is 0 Å². The van der Waals surface area contributed by atoms with Crippen molar-refractivity contribution in [1.29, 1.82) is 0 Å². The molecule has 0 fully saturated rings. The Morgan fingerprint density at radius 2 is 0.576 bits per heavy atom. The van der Waals surface area contributed by atoms with Gasteiger partial charge >= 0.3 is 0 Å². The minimum absolute atomic E-state index is 0.899. The van der Waals surface area contributed by atoms with E-state index >= 15 is 0 Å². The Morgan fingerprint density at radius 1 is 0.174 bits per heavy atom. The first kappa shape index (κ1) is 53.8. The van der Waals surface area contributed by atoms with E-state index in [1.54, 1.807) is 6.20 Å².